The number of halogens is 2. The molecule has 1 heterocycles. The van der Waals surface area contributed by atoms with Gasteiger partial charge in [-0.05, 0) is 79.5 Å². The van der Waals surface area contributed by atoms with Gasteiger partial charge in [0.2, 0.25) is 0 Å². The molecule has 3 atom stereocenters. The number of carboxylic acids is 1. The molecule has 1 aliphatic carbocycles. The Labute approximate surface area is 201 Å². The Morgan fingerprint density at radius 1 is 1.16 bits per heavy atom. The number of rotatable bonds is 7. The Morgan fingerprint density at radius 3 is 2.53 bits per heavy atom. The summed E-state index contributed by atoms with van der Waals surface area (Å²) in [6, 6.07) is 13.5. The first kappa shape index (κ1) is 26.0. The van der Waals surface area contributed by atoms with Crippen LogP contribution in [0.4, 0.5) is 0 Å². The second-order valence-corrected chi connectivity index (χ2v) is 8.43. The normalized spacial score (nSPS) is 20.2. The first-order valence-electron chi connectivity index (χ1n) is 10.7. The van der Waals surface area contributed by atoms with E-state index in [9.17, 15) is 9.90 Å². The number of nitrogens with two attached hydrogens (primary N) is 1. The summed E-state index contributed by atoms with van der Waals surface area (Å²) in [4.78, 5) is 12.0. The molecule has 0 radical (unpaired) electrons. The maximum absolute atomic E-state index is 12.0. The van der Waals surface area contributed by atoms with Gasteiger partial charge in [0.05, 0.1) is 5.92 Å². The van der Waals surface area contributed by atoms with Crippen LogP contribution in [0.15, 0.2) is 42.5 Å². The van der Waals surface area contributed by atoms with E-state index in [2.05, 4.69) is 5.32 Å². The van der Waals surface area contributed by atoms with Crippen molar-refractivity contribution in [2.24, 2.45) is 11.7 Å². The van der Waals surface area contributed by atoms with Crippen molar-refractivity contribution < 1.29 is 14.6 Å². The summed E-state index contributed by atoms with van der Waals surface area (Å²) in [5.41, 5.74) is 9.66. The fraction of sp³-hybridized carbons (Fsp3) is 0.417. The van der Waals surface area contributed by atoms with E-state index in [-0.39, 0.29) is 36.8 Å². The number of hydrogen-bond acceptors (Lipinski definition) is 4. The molecule has 4 rings (SSSR count). The highest BCUT2D eigenvalue weighted by molar-refractivity contribution is 5.95. The van der Waals surface area contributed by atoms with Crippen molar-refractivity contribution in [1.82, 2.24) is 5.32 Å². The Bertz CT molecular complexity index is 931. The smallest absolute Gasteiger partial charge is 0.310 e. The summed E-state index contributed by atoms with van der Waals surface area (Å²) < 4.78 is 5.95. The van der Waals surface area contributed by atoms with Crippen molar-refractivity contribution >= 4 is 36.6 Å². The van der Waals surface area contributed by atoms with E-state index in [1.54, 1.807) is 0 Å². The molecule has 0 saturated carbocycles. The van der Waals surface area contributed by atoms with Crippen molar-refractivity contribution in [2.45, 2.75) is 44.1 Å². The molecule has 2 aromatic rings. The second-order valence-electron chi connectivity index (χ2n) is 8.43. The number of carboxylic acid groups (broad SMARTS) is 1. The molecular formula is C24H31Cl2N3O3. The molecule has 0 aromatic heterocycles. The molecule has 0 amide bonds. The molecule has 2 aliphatic rings. The van der Waals surface area contributed by atoms with Crippen molar-refractivity contribution in [1.29, 1.82) is 5.41 Å². The summed E-state index contributed by atoms with van der Waals surface area (Å²) in [7, 11) is 0. The maximum Gasteiger partial charge on any atom is 0.310 e. The summed E-state index contributed by atoms with van der Waals surface area (Å²) in [5.74, 6) is -0.0918. The van der Waals surface area contributed by atoms with Crippen LogP contribution in [0.2, 0.25) is 0 Å². The van der Waals surface area contributed by atoms with Gasteiger partial charge in [-0.25, -0.2) is 0 Å². The molecule has 0 bridgehead atoms. The number of carbonyl (C=O) groups is 1. The van der Waals surface area contributed by atoms with Crippen LogP contribution in [-0.4, -0.2) is 36.1 Å². The third-order valence-electron chi connectivity index (χ3n) is 6.32. The first-order chi connectivity index (χ1) is 14.5. The van der Waals surface area contributed by atoms with Crippen molar-refractivity contribution in [3.8, 4) is 5.75 Å². The minimum absolute atomic E-state index is 0. The zero-order chi connectivity index (χ0) is 21.1. The van der Waals surface area contributed by atoms with Crippen molar-refractivity contribution in [2.75, 3.05) is 13.1 Å². The van der Waals surface area contributed by atoms with Crippen LogP contribution in [0, 0.1) is 11.3 Å². The fourth-order valence-electron chi connectivity index (χ4n) is 4.61. The number of fused-ring (bicyclic) bond motifs is 1. The predicted molar refractivity (Wildman–Crippen MR) is 131 cm³/mol. The molecule has 1 aliphatic heterocycles. The van der Waals surface area contributed by atoms with Gasteiger partial charge in [-0.1, -0.05) is 24.3 Å². The van der Waals surface area contributed by atoms with Gasteiger partial charge in [-0.15, -0.1) is 24.8 Å². The standard InChI is InChI=1S/C24H29N3O3.2ClH/c25-23(26)19-4-3-17-11-15(1-2-18(17)13-19)12-22(24(28)29)16-5-7-20(8-6-16)30-21-9-10-27-14-21;;/h3-8,13,15,21-22,27H,1-2,9-12,14H2,(H3,25,26)(H,28,29);2*1H/t15?,21-,22?;;/m0../s1. The average Bonchev–Trinajstić information content (AvgIpc) is 3.25. The van der Waals surface area contributed by atoms with Crippen LogP contribution < -0.4 is 15.8 Å². The van der Waals surface area contributed by atoms with Crippen LogP contribution in [-0.2, 0) is 17.6 Å². The minimum Gasteiger partial charge on any atom is -0.489 e. The van der Waals surface area contributed by atoms with E-state index < -0.39 is 11.9 Å². The van der Waals surface area contributed by atoms with Gasteiger partial charge in [-0.3, -0.25) is 10.2 Å². The van der Waals surface area contributed by atoms with E-state index in [0.29, 0.717) is 12.3 Å². The third-order valence-corrected chi connectivity index (χ3v) is 6.32. The van der Waals surface area contributed by atoms with Crippen LogP contribution in [0.1, 0.15) is 47.4 Å². The Balaban J connectivity index is 0.00000181. The van der Waals surface area contributed by atoms with Gasteiger partial charge >= 0.3 is 5.97 Å². The SMILES string of the molecule is Cl.Cl.N=C(N)c1ccc2c(c1)CCC(CC(C(=O)O)c1ccc(O[C@H]3CCNC3)cc1)C2. The van der Waals surface area contributed by atoms with Crippen LogP contribution in [0.3, 0.4) is 0 Å². The molecule has 32 heavy (non-hydrogen) atoms. The number of aliphatic carboxylic acids is 1. The van der Waals surface area contributed by atoms with Gasteiger partial charge in [0.1, 0.15) is 17.7 Å². The van der Waals surface area contributed by atoms with Crippen LogP contribution >= 0.6 is 24.8 Å². The largest absolute Gasteiger partial charge is 0.489 e. The Kier molecular flexibility index (Phi) is 9.37. The highest BCUT2D eigenvalue weighted by Gasteiger charge is 2.27. The minimum atomic E-state index is -0.776. The summed E-state index contributed by atoms with van der Waals surface area (Å²) in [6.07, 6.45) is 4.53. The van der Waals surface area contributed by atoms with Gasteiger partial charge in [0.25, 0.3) is 0 Å². The lowest BCUT2D eigenvalue weighted by molar-refractivity contribution is -0.139. The quantitative estimate of drug-likeness (QED) is 0.355. The van der Waals surface area contributed by atoms with Gasteiger partial charge in [0.15, 0.2) is 0 Å². The molecule has 6 nitrogen and oxygen atoms in total. The lowest BCUT2D eigenvalue weighted by Gasteiger charge is -2.27. The molecule has 2 aromatic carbocycles. The summed E-state index contributed by atoms with van der Waals surface area (Å²) >= 11 is 0. The predicted octanol–water partition coefficient (Wildman–Crippen LogP) is 3.92. The van der Waals surface area contributed by atoms with Crippen LogP contribution in [0.5, 0.6) is 5.75 Å². The van der Waals surface area contributed by atoms with E-state index in [0.717, 1.165) is 55.6 Å². The molecule has 8 heteroatoms. The van der Waals surface area contributed by atoms with E-state index in [4.69, 9.17) is 15.9 Å². The second kappa shape index (κ2) is 11.5. The van der Waals surface area contributed by atoms with Gasteiger partial charge in [-0.2, -0.15) is 0 Å². The Morgan fingerprint density at radius 2 is 1.91 bits per heavy atom. The molecule has 1 saturated heterocycles. The zero-order valence-corrected chi connectivity index (χ0v) is 19.5. The topological polar surface area (TPSA) is 108 Å². The number of benzene rings is 2. The van der Waals surface area contributed by atoms with E-state index >= 15 is 0 Å². The number of nitrogen functional groups attached to an aromatic ring is 1. The lowest BCUT2D eigenvalue weighted by Crippen LogP contribution is -2.22. The number of aryl methyl sites for hydroxylation is 1. The average molecular weight is 480 g/mol. The summed E-state index contributed by atoms with van der Waals surface area (Å²) in [5, 5.41) is 20.8. The summed E-state index contributed by atoms with van der Waals surface area (Å²) in [6.45, 7) is 1.83. The molecule has 0 spiro atoms. The Hall–Kier alpha value is -2.28. The number of amidine groups is 1. The molecule has 174 valence electrons. The van der Waals surface area contributed by atoms with Gasteiger partial charge < -0.3 is 20.9 Å². The van der Waals surface area contributed by atoms with Gasteiger partial charge in [0, 0.05) is 12.1 Å². The monoisotopic (exact) mass is 479 g/mol. The molecule has 1 fully saturated rings. The first-order valence-corrected chi connectivity index (χ1v) is 10.7. The fourth-order valence-corrected chi connectivity index (χ4v) is 4.61. The number of nitrogens with one attached hydrogen (secondary N) is 2. The third kappa shape index (κ3) is 6.15. The molecule has 2 unspecified atom stereocenters. The highest BCUT2D eigenvalue weighted by Crippen LogP contribution is 2.34. The number of hydrogen-bond donors (Lipinski definition) is 4. The molecule has 5 N–H and O–H groups in total. The maximum atomic E-state index is 12.0. The highest BCUT2D eigenvalue weighted by atomic mass is 35.5. The van der Waals surface area contributed by atoms with E-state index in [1.165, 1.54) is 11.1 Å². The van der Waals surface area contributed by atoms with Crippen molar-refractivity contribution in [3.63, 3.8) is 0 Å². The molecular weight excluding hydrogens is 449 g/mol. The zero-order valence-electron chi connectivity index (χ0n) is 17.9. The number of ether oxygens (including phenoxy) is 1. The van der Waals surface area contributed by atoms with Crippen LogP contribution in [0.25, 0.3) is 0 Å². The lowest BCUT2D eigenvalue weighted by atomic mass is 9.77. The van der Waals surface area contributed by atoms with Crippen molar-refractivity contribution in [3.05, 3.63) is 64.7 Å². The van der Waals surface area contributed by atoms with E-state index in [1.807, 2.05) is 42.5 Å².